The molecule has 2 rings (SSSR count). The van der Waals surface area contributed by atoms with Gasteiger partial charge in [-0.05, 0) is 26.0 Å². The minimum absolute atomic E-state index is 0.0477. The van der Waals surface area contributed by atoms with Gasteiger partial charge in [-0.25, -0.2) is 0 Å². The van der Waals surface area contributed by atoms with E-state index >= 15 is 0 Å². The van der Waals surface area contributed by atoms with E-state index < -0.39 is 0 Å². The highest BCUT2D eigenvalue weighted by Crippen LogP contribution is 2.16. The molecule has 5 heteroatoms. The molecule has 0 radical (unpaired) electrons. The minimum Gasteiger partial charge on any atom is -0.464 e. The lowest BCUT2D eigenvalue weighted by molar-refractivity contribution is -0.123. The molecule has 2 unspecified atom stereocenters. The summed E-state index contributed by atoms with van der Waals surface area (Å²) >= 11 is 1.74. The summed E-state index contributed by atoms with van der Waals surface area (Å²) in [7, 11) is 0. The van der Waals surface area contributed by atoms with Gasteiger partial charge < -0.3 is 9.73 Å². The third-order valence-electron chi connectivity index (χ3n) is 2.58. The van der Waals surface area contributed by atoms with E-state index in [1.54, 1.807) is 11.8 Å². The number of rotatable bonds is 3. The number of hydrogen-bond donors (Lipinski definition) is 2. The van der Waals surface area contributed by atoms with Crippen LogP contribution in [0, 0.1) is 6.92 Å². The molecule has 2 atom stereocenters. The molecule has 1 aromatic heterocycles. The number of thioether (sulfide) groups is 1. The first-order valence-electron chi connectivity index (χ1n) is 5.34. The third kappa shape index (κ3) is 2.59. The van der Waals surface area contributed by atoms with E-state index in [1.807, 2.05) is 26.0 Å². The fourth-order valence-electron chi connectivity index (χ4n) is 1.63. The molecule has 0 aromatic carbocycles. The molecule has 0 aliphatic carbocycles. The summed E-state index contributed by atoms with van der Waals surface area (Å²) in [5, 5.41) is 6.08. The van der Waals surface area contributed by atoms with E-state index in [1.165, 1.54) is 0 Å². The molecule has 1 aliphatic rings. The van der Waals surface area contributed by atoms with Crippen LogP contribution >= 0.6 is 11.8 Å². The van der Waals surface area contributed by atoms with Crippen LogP contribution in [0.1, 0.15) is 24.5 Å². The zero-order chi connectivity index (χ0) is 11.5. The van der Waals surface area contributed by atoms with Crippen LogP contribution in [0.3, 0.4) is 0 Å². The normalized spacial score (nSPS) is 22.0. The van der Waals surface area contributed by atoms with Gasteiger partial charge in [-0.15, -0.1) is 11.8 Å². The van der Waals surface area contributed by atoms with E-state index in [2.05, 4.69) is 10.6 Å². The summed E-state index contributed by atoms with van der Waals surface area (Å²) in [6, 6.07) is 3.66. The topological polar surface area (TPSA) is 54.3 Å². The molecule has 0 bridgehead atoms. The van der Waals surface area contributed by atoms with E-state index in [-0.39, 0.29) is 18.0 Å². The smallest absolute Gasteiger partial charge is 0.238 e. The molecular weight excluding hydrogens is 224 g/mol. The molecule has 1 amide bonds. The van der Waals surface area contributed by atoms with Gasteiger partial charge in [0.2, 0.25) is 5.91 Å². The summed E-state index contributed by atoms with van der Waals surface area (Å²) in [4.78, 5) is 11.8. The molecule has 88 valence electrons. The van der Waals surface area contributed by atoms with Gasteiger partial charge in [0.25, 0.3) is 0 Å². The maximum absolute atomic E-state index is 11.8. The zero-order valence-corrected chi connectivity index (χ0v) is 10.3. The predicted octanol–water partition coefficient (Wildman–Crippen LogP) is 1.43. The SMILES string of the molecule is Cc1ccc(C(C)NC(=O)C2CSCN2)o1. The lowest BCUT2D eigenvalue weighted by Crippen LogP contribution is -2.42. The Bertz CT molecular complexity index is 372. The van der Waals surface area contributed by atoms with Gasteiger partial charge in [-0.2, -0.15) is 0 Å². The van der Waals surface area contributed by atoms with E-state index in [0.717, 1.165) is 23.2 Å². The van der Waals surface area contributed by atoms with Crippen molar-refractivity contribution in [3.8, 4) is 0 Å². The molecule has 16 heavy (non-hydrogen) atoms. The van der Waals surface area contributed by atoms with Gasteiger partial charge in [-0.3, -0.25) is 10.1 Å². The highest BCUT2D eigenvalue weighted by molar-refractivity contribution is 7.99. The van der Waals surface area contributed by atoms with Crippen molar-refractivity contribution in [2.45, 2.75) is 25.9 Å². The lowest BCUT2D eigenvalue weighted by Gasteiger charge is -2.15. The molecule has 2 N–H and O–H groups in total. The molecule has 0 spiro atoms. The average molecular weight is 240 g/mol. The van der Waals surface area contributed by atoms with Crippen molar-refractivity contribution in [2.75, 3.05) is 11.6 Å². The van der Waals surface area contributed by atoms with Gasteiger partial charge in [0, 0.05) is 11.6 Å². The minimum atomic E-state index is -0.0754. The highest BCUT2D eigenvalue weighted by Gasteiger charge is 2.24. The highest BCUT2D eigenvalue weighted by atomic mass is 32.2. The predicted molar refractivity (Wildman–Crippen MR) is 64.3 cm³/mol. The second-order valence-corrected chi connectivity index (χ2v) is 4.98. The van der Waals surface area contributed by atoms with Crippen molar-refractivity contribution in [1.29, 1.82) is 0 Å². The van der Waals surface area contributed by atoms with Crippen molar-refractivity contribution in [1.82, 2.24) is 10.6 Å². The number of hydrogen-bond acceptors (Lipinski definition) is 4. The number of carbonyl (C=O) groups excluding carboxylic acids is 1. The molecule has 4 nitrogen and oxygen atoms in total. The number of carbonyl (C=O) groups is 1. The van der Waals surface area contributed by atoms with Crippen LogP contribution in [0.5, 0.6) is 0 Å². The number of aryl methyl sites for hydroxylation is 1. The number of furan rings is 1. The quantitative estimate of drug-likeness (QED) is 0.839. The van der Waals surface area contributed by atoms with Crippen molar-refractivity contribution >= 4 is 17.7 Å². The Hall–Kier alpha value is -0.940. The van der Waals surface area contributed by atoms with Crippen LogP contribution in [0.4, 0.5) is 0 Å². The van der Waals surface area contributed by atoms with Crippen LogP contribution in [0.15, 0.2) is 16.5 Å². The van der Waals surface area contributed by atoms with Gasteiger partial charge in [0.1, 0.15) is 11.5 Å². The largest absolute Gasteiger partial charge is 0.464 e. The van der Waals surface area contributed by atoms with Crippen LogP contribution in [0.2, 0.25) is 0 Å². The first-order valence-corrected chi connectivity index (χ1v) is 6.50. The average Bonchev–Trinajstić information content (AvgIpc) is 2.87. The van der Waals surface area contributed by atoms with Crippen molar-refractivity contribution in [3.05, 3.63) is 23.7 Å². The Morgan fingerprint density at radius 1 is 1.69 bits per heavy atom. The number of amides is 1. The molecule has 2 heterocycles. The molecule has 0 saturated carbocycles. The van der Waals surface area contributed by atoms with Crippen LogP contribution < -0.4 is 10.6 Å². The first-order chi connectivity index (χ1) is 7.66. The van der Waals surface area contributed by atoms with Crippen molar-refractivity contribution < 1.29 is 9.21 Å². The monoisotopic (exact) mass is 240 g/mol. The maximum atomic E-state index is 11.8. The third-order valence-corrected chi connectivity index (χ3v) is 3.52. The summed E-state index contributed by atoms with van der Waals surface area (Å²) in [6.07, 6.45) is 0. The Labute approximate surface area is 99.2 Å². The number of nitrogens with one attached hydrogen (secondary N) is 2. The van der Waals surface area contributed by atoms with E-state index in [0.29, 0.717) is 0 Å². The van der Waals surface area contributed by atoms with Crippen molar-refractivity contribution in [2.24, 2.45) is 0 Å². The fourth-order valence-corrected chi connectivity index (χ4v) is 2.58. The van der Waals surface area contributed by atoms with Gasteiger partial charge >= 0.3 is 0 Å². The Balaban J connectivity index is 1.91. The van der Waals surface area contributed by atoms with Gasteiger partial charge in [-0.1, -0.05) is 0 Å². The summed E-state index contributed by atoms with van der Waals surface area (Å²) in [6.45, 7) is 3.82. The Morgan fingerprint density at radius 2 is 2.50 bits per heavy atom. The Morgan fingerprint density at radius 3 is 3.06 bits per heavy atom. The first kappa shape index (κ1) is 11.5. The Kier molecular flexibility index (Phi) is 3.56. The second-order valence-electron chi connectivity index (χ2n) is 3.95. The summed E-state index contributed by atoms with van der Waals surface area (Å²) in [5.41, 5.74) is 0. The van der Waals surface area contributed by atoms with Gasteiger partial charge in [0.05, 0.1) is 12.1 Å². The molecule has 1 fully saturated rings. The molecule has 1 saturated heterocycles. The molecular formula is C11H16N2O2S. The molecule has 1 aliphatic heterocycles. The van der Waals surface area contributed by atoms with Crippen molar-refractivity contribution in [3.63, 3.8) is 0 Å². The maximum Gasteiger partial charge on any atom is 0.238 e. The summed E-state index contributed by atoms with van der Waals surface area (Å²) < 4.78 is 5.47. The second kappa shape index (κ2) is 4.93. The zero-order valence-electron chi connectivity index (χ0n) is 9.45. The fraction of sp³-hybridized carbons (Fsp3) is 0.545. The van der Waals surface area contributed by atoms with Crippen LogP contribution in [-0.2, 0) is 4.79 Å². The summed E-state index contributed by atoms with van der Waals surface area (Å²) in [5.74, 6) is 3.41. The lowest BCUT2D eigenvalue weighted by atomic mass is 10.2. The van der Waals surface area contributed by atoms with Crippen LogP contribution in [-0.4, -0.2) is 23.6 Å². The van der Waals surface area contributed by atoms with E-state index in [4.69, 9.17) is 4.42 Å². The standard InChI is InChI=1S/C11H16N2O2S/c1-7-3-4-10(15-7)8(2)13-11(14)9-5-16-6-12-9/h3-4,8-9,12H,5-6H2,1-2H3,(H,13,14). The van der Waals surface area contributed by atoms with Gasteiger partial charge in [0.15, 0.2) is 0 Å². The van der Waals surface area contributed by atoms with Crippen LogP contribution in [0.25, 0.3) is 0 Å². The molecule has 1 aromatic rings. The van der Waals surface area contributed by atoms with E-state index in [9.17, 15) is 4.79 Å².